The Morgan fingerprint density at radius 3 is 2.27 bits per heavy atom. The number of halogens is 3. The monoisotopic (exact) mass is 531 g/mol. The molecule has 3 heterocycles. The Balaban J connectivity index is 1.05. The number of fused-ring (bicyclic) bond motifs is 1. The Kier molecular flexibility index (Phi) is 8.05. The van der Waals surface area contributed by atoms with E-state index >= 15 is 0 Å². The number of carbonyl (C=O) groups is 1. The van der Waals surface area contributed by atoms with E-state index in [0.29, 0.717) is 24.2 Å². The largest absolute Gasteiger partial charge is 0.446 e. The molecule has 0 aliphatic carbocycles. The molecule has 3 aliphatic rings. The van der Waals surface area contributed by atoms with Crippen LogP contribution >= 0.6 is 11.8 Å². The smallest absolute Gasteiger partial charge is 0.371 e. The molecule has 1 amide bonds. The minimum Gasteiger partial charge on any atom is -0.371 e. The molecule has 37 heavy (non-hydrogen) atoms. The van der Waals surface area contributed by atoms with E-state index in [0.717, 1.165) is 70.6 Å². The Labute approximate surface area is 222 Å². The number of benzene rings is 2. The number of alkyl halides is 3. The van der Waals surface area contributed by atoms with E-state index in [9.17, 15) is 18.0 Å². The molecule has 0 spiro atoms. The summed E-state index contributed by atoms with van der Waals surface area (Å²) in [4.78, 5) is 20.2. The molecule has 200 valence electrons. The standard InChI is InChI=1S/C29H36F3N3OS/c1-21-4-8-26(9-5-21)35-19-24-17-33(18-25(24)20-35)14-12-28(36)34-13-2-3-23(16-34)15-22-6-10-27(11-7-22)37-29(30,31)32/h4-11,23-25H,2-3,12-20H2,1H3/t23-,24?,25?/m1/s1. The van der Waals surface area contributed by atoms with Gasteiger partial charge in [-0.15, -0.1) is 0 Å². The second-order valence-corrected chi connectivity index (χ2v) is 12.2. The van der Waals surface area contributed by atoms with Crippen molar-refractivity contribution in [3.63, 3.8) is 0 Å². The van der Waals surface area contributed by atoms with E-state index < -0.39 is 5.51 Å². The first-order chi connectivity index (χ1) is 17.7. The minimum absolute atomic E-state index is 0.0789. The second kappa shape index (κ2) is 11.3. The van der Waals surface area contributed by atoms with Crippen LogP contribution in [0, 0.1) is 24.7 Å². The van der Waals surface area contributed by atoms with E-state index in [4.69, 9.17) is 0 Å². The van der Waals surface area contributed by atoms with Crippen molar-refractivity contribution >= 4 is 23.4 Å². The highest BCUT2D eigenvalue weighted by molar-refractivity contribution is 8.00. The van der Waals surface area contributed by atoms with Crippen molar-refractivity contribution in [3.8, 4) is 0 Å². The third-order valence-corrected chi connectivity index (χ3v) is 8.90. The highest BCUT2D eigenvalue weighted by Crippen LogP contribution is 2.37. The van der Waals surface area contributed by atoms with Gasteiger partial charge >= 0.3 is 5.51 Å². The van der Waals surface area contributed by atoms with Gasteiger partial charge < -0.3 is 14.7 Å². The lowest BCUT2D eigenvalue weighted by molar-refractivity contribution is -0.133. The van der Waals surface area contributed by atoms with E-state index in [-0.39, 0.29) is 22.6 Å². The molecule has 4 nitrogen and oxygen atoms in total. The average Bonchev–Trinajstić information content (AvgIpc) is 3.43. The molecule has 0 aromatic heterocycles. The summed E-state index contributed by atoms with van der Waals surface area (Å²) < 4.78 is 37.7. The van der Waals surface area contributed by atoms with Gasteiger partial charge in [0.25, 0.3) is 0 Å². The van der Waals surface area contributed by atoms with Gasteiger partial charge in [-0.25, -0.2) is 0 Å². The average molecular weight is 532 g/mol. The topological polar surface area (TPSA) is 26.8 Å². The lowest BCUT2D eigenvalue weighted by Gasteiger charge is -2.33. The first-order valence-electron chi connectivity index (χ1n) is 13.4. The van der Waals surface area contributed by atoms with Gasteiger partial charge in [0.15, 0.2) is 0 Å². The maximum atomic E-state index is 13.0. The van der Waals surface area contributed by atoms with Gasteiger partial charge in [0.05, 0.1) is 0 Å². The van der Waals surface area contributed by atoms with E-state index in [1.165, 1.54) is 11.3 Å². The molecule has 0 radical (unpaired) electrons. The summed E-state index contributed by atoms with van der Waals surface area (Å²) in [7, 11) is 0. The minimum atomic E-state index is -4.26. The predicted octanol–water partition coefficient (Wildman–Crippen LogP) is 5.85. The molecule has 3 atom stereocenters. The SMILES string of the molecule is Cc1ccc(N2CC3CN(CCC(=O)N4CCC[C@H](Cc5ccc(SC(F)(F)F)cc5)C4)CC3C2)cc1. The number of hydrogen-bond donors (Lipinski definition) is 0. The maximum absolute atomic E-state index is 13.0. The molecule has 0 saturated carbocycles. The normalized spacial score (nSPS) is 24.5. The van der Waals surface area contributed by atoms with Crippen LogP contribution in [0.15, 0.2) is 53.4 Å². The number of rotatable bonds is 7. The van der Waals surface area contributed by atoms with E-state index in [2.05, 4.69) is 41.0 Å². The number of nitrogens with zero attached hydrogens (tertiary/aromatic N) is 3. The van der Waals surface area contributed by atoms with Gasteiger partial charge in [0.1, 0.15) is 0 Å². The lowest BCUT2D eigenvalue weighted by Crippen LogP contribution is -2.41. The van der Waals surface area contributed by atoms with Crippen LogP contribution in [0.3, 0.4) is 0 Å². The second-order valence-electron chi connectivity index (χ2n) is 11.0. The fraction of sp³-hybridized carbons (Fsp3) is 0.552. The molecule has 8 heteroatoms. The van der Waals surface area contributed by atoms with Gasteiger partial charge in [-0.05, 0) is 85.5 Å². The Hall–Kier alpha value is -2.19. The van der Waals surface area contributed by atoms with Crippen LogP contribution in [0.1, 0.15) is 30.4 Å². The number of anilines is 1. The van der Waals surface area contributed by atoms with Crippen molar-refractivity contribution in [3.05, 3.63) is 59.7 Å². The number of amides is 1. The highest BCUT2D eigenvalue weighted by Gasteiger charge is 2.40. The molecule has 2 aromatic carbocycles. The van der Waals surface area contributed by atoms with Crippen LogP contribution in [-0.4, -0.2) is 67.0 Å². The zero-order chi connectivity index (χ0) is 26.0. The predicted molar refractivity (Wildman–Crippen MR) is 143 cm³/mol. The van der Waals surface area contributed by atoms with Crippen LogP contribution in [-0.2, 0) is 11.2 Å². The summed E-state index contributed by atoms with van der Waals surface area (Å²) in [5.41, 5.74) is -0.621. The molecule has 5 rings (SSSR count). The number of thioether (sulfide) groups is 1. The fourth-order valence-electron chi connectivity index (χ4n) is 6.27. The number of carbonyl (C=O) groups excluding carboxylic acids is 1. The first-order valence-corrected chi connectivity index (χ1v) is 14.2. The molecule has 0 bridgehead atoms. The van der Waals surface area contributed by atoms with Crippen LogP contribution < -0.4 is 4.90 Å². The number of hydrogen-bond acceptors (Lipinski definition) is 4. The van der Waals surface area contributed by atoms with Crippen molar-refractivity contribution < 1.29 is 18.0 Å². The maximum Gasteiger partial charge on any atom is 0.446 e. The van der Waals surface area contributed by atoms with Crippen LogP contribution in [0.5, 0.6) is 0 Å². The van der Waals surface area contributed by atoms with Crippen LogP contribution in [0.4, 0.5) is 18.9 Å². The van der Waals surface area contributed by atoms with Gasteiger partial charge in [0, 0.05) is 62.8 Å². The number of aryl methyl sites for hydroxylation is 1. The van der Waals surface area contributed by atoms with Gasteiger partial charge in [-0.1, -0.05) is 29.8 Å². The third-order valence-electron chi connectivity index (χ3n) is 8.16. The van der Waals surface area contributed by atoms with Gasteiger partial charge in [-0.2, -0.15) is 13.2 Å². The summed E-state index contributed by atoms with van der Waals surface area (Å²) in [6.45, 7) is 8.85. The molecule has 3 aliphatic heterocycles. The molecular formula is C29H36F3N3OS. The van der Waals surface area contributed by atoms with Crippen molar-refractivity contribution in [1.29, 1.82) is 0 Å². The Morgan fingerprint density at radius 1 is 0.946 bits per heavy atom. The molecule has 0 N–H and O–H groups in total. The first kappa shape index (κ1) is 26.4. The Morgan fingerprint density at radius 2 is 1.62 bits per heavy atom. The highest BCUT2D eigenvalue weighted by atomic mass is 32.2. The molecule has 2 unspecified atom stereocenters. The lowest BCUT2D eigenvalue weighted by atomic mass is 9.91. The molecule has 2 aromatic rings. The van der Waals surface area contributed by atoms with Crippen molar-refractivity contribution in [2.75, 3.05) is 50.7 Å². The third kappa shape index (κ3) is 7.02. The summed E-state index contributed by atoms with van der Waals surface area (Å²) in [5.74, 6) is 1.95. The summed E-state index contributed by atoms with van der Waals surface area (Å²) >= 11 is -0.0789. The van der Waals surface area contributed by atoms with E-state index in [1.807, 2.05) is 4.90 Å². The van der Waals surface area contributed by atoms with Crippen LogP contribution in [0.25, 0.3) is 0 Å². The quantitative estimate of drug-likeness (QED) is 0.419. The fourth-order valence-corrected chi connectivity index (χ4v) is 6.81. The Bertz CT molecular complexity index is 1050. The number of likely N-dealkylation sites (tertiary alicyclic amines) is 2. The van der Waals surface area contributed by atoms with Crippen molar-refractivity contribution in [1.82, 2.24) is 9.80 Å². The van der Waals surface area contributed by atoms with E-state index in [1.54, 1.807) is 24.3 Å². The molecular weight excluding hydrogens is 495 g/mol. The zero-order valence-electron chi connectivity index (χ0n) is 21.4. The van der Waals surface area contributed by atoms with Crippen LogP contribution in [0.2, 0.25) is 0 Å². The zero-order valence-corrected chi connectivity index (χ0v) is 22.2. The van der Waals surface area contributed by atoms with Crippen molar-refractivity contribution in [2.24, 2.45) is 17.8 Å². The van der Waals surface area contributed by atoms with Gasteiger partial charge in [0.2, 0.25) is 5.91 Å². The summed E-state index contributed by atoms with van der Waals surface area (Å²) in [6, 6.07) is 15.5. The summed E-state index contributed by atoms with van der Waals surface area (Å²) in [5, 5.41) is 0. The van der Waals surface area contributed by atoms with Gasteiger partial charge in [-0.3, -0.25) is 4.79 Å². The molecule has 3 fully saturated rings. The number of piperidine rings is 1. The summed E-state index contributed by atoms with van der Waals surface area (Å²) in [6.07, 6.45) is 3.40. The molecule has 3 saturated heterocycles. The van der Waals surface area contributed by atoms with Crippen molar-refractivity contribution in [2.45, 2.75) is 43.0 Å².